The van der Waals surface area contributed by atoms with Gasteiger partial charge >= 0.3 is 0 Å². The van der Waals surface area contributed by atoms with E-state index in [1.807, 2.05) is 7.05 Å². The van der Waals surface area contributed by atoms with Crippen molar-refractivity contribution < 1.29 is 4.74 Å². The highest BCUT2D eigenvalue weighted by Gasteiger charge is 2.24. The fourth-order valence-corrected chi connectivity index (χ4v) is 3.01. The summed E-state index contributed by atoms with van der Waals surface area (Å²) in [5.74, 6) is 0. The lowest BCUT2D eigenvalue weighted by Gasteiger charge is -2.13. The van der Waals surface area contributed by atoms with Crippen LogP contribution in [0, 0.1) is 0 Å². The first kappa shape index (κ1) is 14.5. The van der Waals surface area contributed by atoms with E-state index in [4.69, 9.17) is 9.84 Å². The van der Waals surface area contributed by atoms with Gasteiger partial charge in [-0.15, -0.1) is 0 Å². The van der Waals surface area contributed by atoms with Gasteiger partial charge in [0.25, 0.3) is 0 Å². The predicted octanol–water partition coefficient (Wildman–Crippen LogP) is 2.29. The van der Waals surface area contributed by atoms with Gasteiger partial charge in [-0.05, 0) is 39.7 Å². The molecule has 2 rings (SSSR count). The molecule has 0 aliphatic carbocycles. The number of nitrogens with one attached hydrogen (secondary N) is 1. The van der Waals surface area contributed by atoms with Gasteiger partial charge in [-0.3, -0.25) is 4.68 Å². The molecule has 0 amide bonds. The second-order valence-electron chi connectivity index (χ2n) is 5.44. The first-order valence-electron chi connectivity index (χ1n) is 7.57. The highest BCUT2D eigenvalue weighted by molar-refractivity contribution is 5.26. The van der Waals surface area contributed by atoms with E-state index in [1.54, 1.807) is 0 Å². The van der Waals surface area contributed by atoms with E-state index in [9.17, 15) is 0 Å². The Labute approximate surface area is 116 Å². The van der Waals surface area contributed by atoms with E-state index >= 15 is 0 Å². The van der Waals surface area contributed by atoms with E-state index in [2.05, 4.69) is 30.8 Å². The molecule has 19 heavy (non-hydrogen) atoms. The molecule has 0 bridgehead atoms. The van der Waals surface area contributed by atoms with Gasteiger partial charge in [0, 0.05) is 17.8 Å². The zero-order valence-electron chi connectivity index (χ0n) is 12.7. The van der Waals surface area contributed by atoms with Crippen molar-refractivity contribution in [2.24, 2.45) is 0 Å². The van der Waals surface area contributed by atoms with E-state index in [-0.39, 0.29) is 0 Å². The molecule has 2 heterocycles. The summed E-state index contributed by atoms with van der Waals surface area (Å²) < 4.78 is 8.12. The molecule has 1 aromatic heterocycles. The molecule has 1 saturated heterocycles. The van der Waals surface area contributed by atoms with E-state index in [0.29, 0.717) is 12.2 Å². The molecule has 0 aromatic carbocycles. The summed E-state index contributed by atoms with van der Waals surface area (Å²) in [4.78, 5) is 0. The minimum atomic E-state index is 0.340. The largest absolute Gasteiger partial charge is 0.373 e. The second kappa shape index (κ2) is 6.53. The van der Waals surface area contributed by atoms with Crippen molar-refractivity contribution in [1.82, 2.24) is 15.1 Å². The van der Waals surface area contributed by atoms with Gasteiger partial charge in [0.2, 0.25) is 0 Å². The number of hydrogen-bond donors (Lipinski definition) is 1. The maximum Gasteiger partial charge on any atom is 0.0775 e. The maximum absolute atomic E-state index is 5.93. The average Bonchev–Trinajstić information content (AvgIpc) is 2.94. The molecular weight excluding hydrogens is 238 g/mol. The van der Waals surface area contributed by atoms with Crippen molar-refractivity contribution in [3.05, 3.63) is 17.0 Å². The van der Waals surface area contributed by atoms with Crippen molar-refractivity contribution in [1.29, 1.82) is 0 Å². The third-order valence-electron chi connectivity index (χ3n) is 3.97. The summed E-state index contributed by atoms with van der Waals surface area (Å²) in [5.41, 5.74) is 3.99. The van der Waals surface area contributed by atoms with Gasteiger partial charge in [0.15, 0.2) is 0 Å². The lowest BCUT2D eigenvalue weighted by molar-refractivity contribution is 0.0431. The van der Waals surface area contributed by atoms with Crippen LogP contribution in [-0.2, 0) is 30.7 Å². The molecule has 1 aromatic rings. The van der Waals surface area contributed by atoms with Crippen LogP contribution in [0.4, 0.5) is 0 Å². The summed E-state index contributed by atoms with van der Waals surface area (Å²) in [6.45, 7) is 8.37. The van der Waals surface area contributed by atoms with Crippen molar-refractivity contribution in [2.45, 2.75) is 71.8 Å². The zero-order chi connectivity index (χ0) is 13.8. The zero-order valence-corrected chi connectivity index (χ0v) is 12.7. The summed E-state index contributed by atoms with van der Waals surface area (Å²) in [7, 11) is 2.00. The van der Waals surface area contributed by atoms with E-state index in [0.717, 1.165) is 32.4 Å². The Bertz CT molecular complexity index is 414. The summed E-state index contributed by atoms with van der Waals surface area (Å²) >= 11 is 0. The number of aromatic nitrogens is 2. The Morgan fingerprint density at radius 2 is 2.11 bits per heavy atom. The number of nitrogens with zero attached hydrogens (tertiary/aromatic N) is 2. The first-order valence-corrected chi connectivity index (χ1v) is 7.57. The van der Waals surface area contributed by atoms with Crippen LogP contribution in [-0.4, -0.2) is 29.0 Å². The van der Waals surface area contributed by atoms with Crippen molar-refractivity contribution in [2.75, 3.05) is 7.05 Å². The van der Waals surface area contributed by atoms with Crippen LogP contribution in [0.15, 0.2) is 0 Å². The lowest BCUT2D eigenvalue weighted by atomic mass is 10.1. The lowest BCUT2D eigenvalue weighted by Crippen LogP contribution is -2.19. The summed E-state index contributed by atoms with van der Waals surface area (Å²) in [6.07, 6.45) is 5.12. The van der Waals surface area contributed by atoms with Gasteiger partial charge < -0.3 is 10.1 Å². The van der Waals surface area contributed by atoms with Gasteiger partial charge in [-0.1, -0.05) is 13.8 Å². The van der Waals surface area contributed by atoms with E-state index in [1.165, 1.54) is 23.4 Å². The molecule has 0 radical (unpaired) electrons. The van der Waals surface area contributed by atoms with Crippen LogP contribution in [0.25, 0.3) is 0 Å². The second-order valence-corrected chi connectivity index (χ2v) is 5.44. The Morgan fingerprint density at radius 3 is 2.63 bits per heavy atom. The number of rotatable bonds is 6. The molecule has 4 nitrogen and oxygen atoms in total. The molecule has 1 fully saturated rings. The minimum absolute atomic E-state index is 0.340. The molecule has 4 heteroatoms. The Hall–Kier alpha value is -0.870. The summed E-state index contributed by atoms with van der Waals surface area (Å²) in [6, 6.07) is 0. The monoisotopic (exact) mass is 265 g/mol. The molecule has 1 aliphatic rings. The van der Waals surface area contributed by atoms with Gasteiger partial charge in [-0.25, -0.2) is 0 Å². The molecule has 0 spiro atoms. The SMILES string of the molecule is CCc1nn(CC2CCC(C)O2)c(CC)c1CNC. The quantitative estimate of drug-likeness (QED) is 0.858. The Morgan fingerprint density at radius 1 is 1.32 bits per heavy atom. The van der Waals surface area contributed by atoms with Crippen LogP contribution >= 0.6 is 0 Å². The highest BCUT2D eigenvalue weighted by Crippen LogP contribution is 2.23. The molecule has 1 aliphatic heterocycles. The van der Waals surface area contributed by atoms with Gasteiger partial charge in [0.05, 0.1) is 24.4 Å². The third kappa shape index (κ3) is 3.18. The van der Waals surface area contributed by atoms with Crippen LogP contribution in [0.3, 0.4) is 0 Å². The van der Waals surface area contributed by atoms with E-state index < -0.39 is 0 Å². The normalized spacial score (nSPS) is 23.2. The van der Waals surface area contributed by atoms with Crippen LogP contribution < -0.4 is 5.32 Å². The predicted molar refractivity (Wildman–Crippen MR) is 77.3 cm³/mol. The van der Waals surface area contributed by atoms with Crippen molar-refractivity contribution >= 4 is 0 Å². The highest BCUT2D eigenvalue weighted by atomic mass is 16.5. The molecule has 108 valence electrons. The van der Waals surface area contributed by atoms with Crippen LogP contribution in [0.5, 0.6) is 0 Å². The van der Waals surface area contributed by atoms with Crippen LogP contribution in [0.1, 0.15) is 50.6 Å². The fraction of sp³-hybridized carbons (Fsp3) is 0.800. The van der Waals surface area contributed by atoms with Crippen LogP contribution in [0.2, 0.25) is 0 Å². The van der Waals surface area contributed by atoms with Crippen molar-refractivity contribution in [3.8, 4) is 0 Å². The standard InChI is InChI=1S/C15H27N3O/c1-5-14-13(9-16-4)15(6-2)18(17-14)10-12-8-7-11(3)19-12/h11-12,16H,5-10H2,1-4H3. The molecule has 2 atom stereocenters. The third-order valence-corrected chi connectivity index (χ3v) is 3.97. The number of aryl methyl sites for hydroxylation is 1. The summed E-state index contributed by atoms with van der Waals surface area (Å²) in [5, 5.41) is 8.07. The topological polar surface area (TPSA) is 39.1 Å². The van der Waals surface area contributed by atoms with Gasteiger partial charge in [0.1, 0.15) is 0 Å². The smallest absolute Gasteiger partial charge is 0.0775 e. The average molecular weight is 265 g/mol. The fourth-order valence-electron chi connectivity index (χ4n) is 3.01. The molecule has 1 N–H and O–H groups in total. The first-order chi connectivity index (χ1) is 9.19. The molecular formula is C15H27N3O. The molecule has 0 saturated carbocycles. The maximum atomic E-state index is 5.93. The van der Waals surface area contributed by atoms with Gasteiger partial charge in [-0.2, -0.15) is 5.10 Å². The Balaban J connectivity index is 2.19. The Kier molecular flexibility index (Phi) is 4.99. The molecule has 2 unspecified atom stereocenters. The number of hydrogen-bond acceptors (Lipinski definition) is 3. The van der Waals surface area contributed by atoms with Crippen molar-refractivity contribution in [3.63, 3.8) is 0 Å². The number of ether oxygens (including phenoxy) is 1. The minimum Gasteiger partial charge on any atom is -0.373 e.